The van der Waals surface area contributed by atoms with Gasteiger partial charge in [-0.3, -0.25) is 9.69 Å². The summed E-state index contributed by atoms with van der Waals surface area (Å²) in [6.07, 6.45) is 11.7. The number of benzene rings is 1. The number of fused-ring (bicyclic) bond motifs is 1. The quantitative estimate of drug-likeness (QED) is 0.443. The molecule has 4 aromatic rings. The predicted octanol–water partition coefficient (Wildman–Crippen LogP) is 3.43. The molecule has 0 spiro atoms. The second-order valence-corrected chi connectivity index (χ2v) is 8.70. The number of hydrogen-bond donors (Lipinski definition) is 1. The normalized spacial score (nSPS) is 15.2. The average Bonchev–Trinajstić information content (AvgIpc) is 3.27. The first kappa shape index (κ1) is 21.4. The molecule has 0 unspecified atom stereocenters. The first-order valence-electron chi connectivity index (χ1n) is 11.3. The van der Waals surface area contributed by atoms with Gasteiger partial charge in [0.15, 0.2) is 5.78 Å². The summed E-state index contributed by atoms with van der Waals surface area (Å²) in [5.41, 5.74) is 5.06. The van der Waals surface area contributed by atoms with E-state index < -0.39 is 6.61 Å². The zero-order chi connectivity index (χ0) is 22.6. The fraction of sp³-hybridized carbons (Fsp3) is 0.308. The molecule has 33 heavy (non-hydrogen) atoms. The topological polar surface area (TPSA) is 84.1 Å². The van der Waals surface area contributed by atoms with Gasteiger partial charge in [-0.1, -0.05) is 24.3 Å². The van der Waals surface area contributed by atoms with Crippen LogP contribution in [0, 0.1) is 0 Å². The molecule has 0 aliphatic carbocycles. The lowest BCUT2D eigenvalue weighted by atomic mass is 9.90. The standard InChI is InChI=1S/C26H27N5O2/c32-17-25(33)22-3-1-19(2-4-22)16-31-10-7-23-11-24(14-29-26(23)31)21-5-8-30(9-6-21)15-20-12-27-18-28-13-20/h1-4,7,10-14,18,21,32H,5-6,8-9,15-17H2. The van der Waals surface area contributed by atoms with E-state index in [1.54, 1.807) is 18.5 Å². The Labute approximate surface area is 192 Å². The molecule has 7 heteroatoms. The number of aromatic nitrogens is 4. The largest absolute Gasteiger partial charge is 0.388 e. The Bertz CT molecular complexity index is 1230. The van der Waals surface area contributed by atoms with Crippen LogP contribution in [0.3, 0.4) is 0 Å². The Kier molecular flexibility index (Phi) is 6.24. The van der Waals surface area contributed by atoms with Crippen molar-refractivity contribution in [1.29, 1.82) is 0 Å². The molecule has 0 bridgehead atoms. The number of aliphatic hydroxyl groups is 1. The first-order chi connectivity index (χ1) is 16.2. The van der Waals surface area contributed by atoms with Crippen LogP contribution in [0.2, 0.25) is 0 Å². The minimum absolute atomic E-state index is 0.262. The molecule has 1 aliphatic heterocycles. The lowest BCUT2D eigenvalue weighted by Crippen LogP contribution is -2.32. The molecule has 0 saturated carbocycles. The Hall–Kier alpha value is -3.42. The Balaban J connectivity index is 1.23. The van der Waals surface area contributed by atoms with Gasteiger partial charge in [0.05, 0.1) is 0 Å². The number of Topliss-reactive ketones (excluding diaryl/α,β-unsaturated/α-hetero) is 1. The average molecular weight is 442 g/mol. The van der Waals surface area contributed by atoms with E-state index >= 15 is 0 Å². The molecular formula is C26H27N5O2. The summed E-state index contributed by atoms with van der Waals surface area (Å²) >= 11 is 0. The van der Waals surface area contributed by atoms with Gasteiger partial charge >= 0.3 is 0 Å². The molecule has 0 radical (unpaired) electrons. The number of hydrogen-bond acceptors (Lipinski definition) is 6. The molecule has 1 fully saturated rings. The van der Waals surface area contributed by atoms with Gasteiger partial charge < -0.3 is 9.67 Å². The van der Waals surface area contributed by atoms with Crippen LogP contribution in [0.5, 0.6) is 0 Å². The van der Waals surface area contributed by atoms with Gasteiger partial charge in [0, 0.05) is 54.4 Å². The van der Waals surface area contributed by atoms with Gasteiger partial charge in [-0.25, -0.2) is 15.0 Å². The number of carbonyl (C=O) groups is 1. The van der Waals surface area contributed by atoms with Crippen molar-refractivity contribution in [3.63, 3.8) is 0 Å². The maximum atomic E-state index is 11.6. The van der Waals surface area contributed by atoms with E-state index in [0.717, 1.165) is 54.6 Å². The molecule has 1 aliphatic rings. The Morgan fingerprint density at radius 1 is 0.970 bits per heavy atom. The van der Waals surface area contributed by atoms with Crippen molar-refractivity contribution in [2.45, 2.75) is 31.8 Å². The molecule has 1 aromatic carbocycles. The third-order valence-electron chi connectivity index (χ3n) is 6.47. The number of pyridine rings is 1. The van der Waals surface area contributed by atoms with E-state index in [1.807, 2.05) is 30.7 Å². The molecule has 1 saturated heterocycles. The predicted molar refractivity (Wildman–Crippen MR) is 126 cm³/mol. The van der Waals surface area contributed by atoms with E-state index in [1.165, 1.54) is 5.56 Å². The minimum Gasteiger partial charge on any atom is -0.388 e. The highest BCUT2D eigenvalue weighted by Crippen LogP contribution is 2.30. The van der Waals surface area contributed by atoms with Crippen LogP contribution in [0.4, 0.5) is 0 Å². The Morgan fingerprint density at radius 2 is 1.73 bits per heavy atom. The van der Waals surface area contributed by atoms with Crippen molar-refractivity contribution in [3.05, 3.63) is 89.8 Å². The van der Waals surface area contributed by atoms with Crippen molar-refractivity contribution in [1.82, 2.24) is 24.4 Å². The van der Waals surface area contributed by atoms with E-state index in [4.69, 9.17) is 10.1 Å². The zero-order valence-electron chi connectivity index (χ0n) is 18.5. The lowest BCUT2D eigenvalue weighted by molar-refractivity contribution is 0.0903. The minimum atomic E-state index is -0.463. The zero-order valence-corrected chi connectivity index (χ0v) is 18.5. The SMILES string of the molecule is O=C(CO)c1ccc(Cn2ccc3cc(C4CCN(Cc5cncnc5)CC4)cnc32)cc1. The highest BCUT2D eigenvalue weighted by atomic mass is 16.3. The van der Waals surface area contributed by atoms with Crippen LogP contribution in [0.25, 0.3) is 11.0 Å². The smallest absolute Gasteiger partial charge is 0.188 e. The number of carbonyl (C=O) groups excluding carboxylic acids is 1. The fourth-order valence-electron chi connectivity index (χ4n) is 4.62. The van der Waals surface area contributed by atoms with E-state index in [2.05, 4.69) is 37.8 Å². The number of rotatable bonds is 7. The second-order valence-electron chi connectivity index (χ2n) is 8.70. The number of aliphatic hydroxyl groups excluding tert-OH is 1. The molecular weight excluding hydrogens is 414 g/mol. The molecule has 7 nitrogen and oxygen atoms in total. The summed E-state index contributed by atoms with van der Waals surface area (Å²) in [6, 6.07) is 11.8. The van der Waals surface area contributed by atoms with Gasteiger partial charge in [-0.2, -0.15) is 0 Å². The molecule has 1 N–H and O–H groups in total. The van der Waals surface area contributed by atoms with Crippen LogP contribution in [0.1, 0.15) is 45.8 Å². The van der Waals surface area contributed by atoms with Gasteiger partial charge in [0.25, 0.3) is 0 Å². The monoisotopic (exact) mass is 441 g/mol. The molecule has 0 atom stereocenters. The van der Waals surface area contributed by atoms with Crippen molar-refractivity contribution in [2.24, 2.45) is 0 Å². The molecule has 4 heterocycles. The van der Waals surface area contributed by atoms with Crippen molar-refractivity contribution >= 4 is 16.8 Å². The maximum Gasteiger partial charge on any atom is 0.188 e. The van der Waals surface area contributed by atoms with Gasteiger partial charge in [0.1, 0.15) is 18.6 Å². The summed E-state index contributed by atoms with van der Waals surface area (Å²) in [5, 5.41) is 10.2. The van der Waals surface area contributed by atoms with E-state index in [0.29, 0.717) is 18.0 Å². The van der Waals surface area contributed by atoms with Crippen LogP contribution >= 0.6 is 0 Å². The van der Waals surface area contributed by atoms with Gasteiger partial charge in [0.2, 0.25) is 0 Å². The number of piperidine rings is 1. The van der Waals surface area contributed by atoms with Crippen LogP contribution in [0.15, 0.2) is 67.5 Å². The molecule has 3 aromatic heterocycles. The maximum absolute atomic E-state index is 11.6. The fourth-order valence-corrected chi connectivity index (χ4v) is 4.62. The number of ketones is 1. The van der Waals surface area contributed by atoms with Crippen molar-refractivity contribution in [2.75, 3.05) is 19.7 Å². The summed E-state index contributed by atoms with van der Waals surface area (Å²) < 4.78 is 2.13. The van der Waals surface area contributed by atoms with Crippen LogP contribution < -0.4 is 0 Å². The van der Waals surface area contributed by atoms with E-state index in [9.17, 15) is 4.79 Å². The van der Waals surface area contributed by atoms with Crippen molar-refractivity contribution < 1.29 is 9.90 Å². The summed E-state index contributed by atoms with van der Waals surface area (Å²) in [7, 11) is 0. The highest BCUT2D eigenvalue weighted by molar-refractivity contribution is 5.96. The molecule has 0 amide bonds. The number of likely N-dealkylation sites (tertiary alicyclic amines) is 1. The number of nitrogens with zero attached hydrogens (tertiary/aromatic N) is 5. The first-order valence-corrected chi connectivity index (χ1v) is 11.3. The lowest BCUT2D eigenvalue weighted by Gasteiger charge is -2.32. The molecule has 5 rings (SSSR count). The van der Waals surface area contributed by atoms with Gasteiger partial charge in [-0.05, 0) is 55.1 Å². The van der Waals surface area contributed by atoms with Crippen LogP contribution in [-0.2, 0) is 13.1 Å². The Morgan fingerprint density at radius 3 is 2.45 bits per heavy atom. The third kappa shape index (κ3) is 4.84. The van der Waals surface area contributed by atoms with E-state index in [-0.39, 0.29) is 5.78 Å². The summed E-state index contributed by atoms with van der Waals surface area (Å²) in [4.78, 5) is 27.1. The summed E-state index contributed by atoms with van der Waals surface area (Å²) in [5.74, 6) is 0.271. The molecule has 168 valence electrons. The van der Waals surface area contributed by atoms with Gasteiger partial charge in [-0.15, -0.1) is 0 Å². The summed E-state index contributed by atoms with van der Waals surface area (Å²) in [6.45, 7) is 3.25. The second kappa shape index (κ2) is 9.60. The van der Waals surface area contributed by atoms with Crippen molar-refractivity contribution in [3.8, 4) is 0 Å². The van der Waals surface area contributed by atoms with Crippen LogP contribution in [-0.4, -0.2) is 55.0 Å². The third-order valence-corrected chi connectivity index (χ3v) is 6.47. The highest BCUT2D eigenvalue weighted by Gasteiger charge is 2.21.